The van der Waals surface area contributed by atoms with Crippen LogP contribution in [0.15, 0.2) is 40.2 Å². The van der Waals surface area contributed by atoms with Crippen molar-refractivity contribution in [3.63, 3.8) is 0 Å². The van der Waals surface area contributed by atoms with E-state index in [0.717, 1.165) is 13.0 Å². The highest BCUT2D eigenvalue weighted by Crippen LogP contribution is 2.38. The van der Waals surface area contributed by atoms with Crippen molar-refractivity contribution in [1.29, 1.82) is 0 Å². The van der Waals surface area contributed by atoms with Crippen molar-refractivity contribution in [1.82, 2.24) is 5.32 Å². The molecule has 1 atom stereocenters. The third-order valence-electron chi connectivity index (χ3n) is 3.54. The summed E-state index contributed by atoms with van der Waals surface area (Å²) >= 11 is 7.37. The summed E-state index contributed by atoms with van der Waals surface area (Å²) in [6.45, 7) is 5.42. The topological polar surface area (TPSA) is 12.0 Å². The quantitative estimate of drug-likeness (QED) is 0.562. The van der Waals surface area contributed by atoms with Crippen molar-refractivity contribution >= 4 is 48.7 Å². The van der Waals surface area contributed by atoms with Gasteiger partial charge in [0.2, 0.25) is 0 Å². The van der Waals surface area contributed by atoms with Gasteiger partial charge in [0.15, 0.2) is 0 Å². The summed E-state index contributed by atoms with van der Waals surface area (Å²) in [4.78, 5) is 2.77. The Morgan fingerprint density at radius 1 is 1.24 bits per heavy atom. The predicted octanol–water partition coefficient (Wildman–Crippen LogP) is 6.12. The minimum absolute atomic E-state index is 0.298. The van der Waals surface area contributed by atoms with Gasteiger partial charge in [-0.2, -0.15) is 0 Å². The molecule has 0 aliphatic rings. The van der Waals surface area contributed by atoms with Crippen LogP contribution >= 0.6 is 38.6 Å². The maximum atomic E-state index is 3.71. The zero-order valence-electron chi connectivity index (χ0n) is 12.2. The summed E-state index contributed by atoms with van der Waals surface area (Å²) in [6.07, 6.45) is 1.15. The summed E-state index contributed by atoms with van der Waals surface area (Å²) in [5.74, 6) is 0. The fourth-order valence-corrected chi connectivity index (χ4v) is 5.15. The maximum Gasteiger partial charge on any atom is 0.0685 e. The summed E-state index contributed by atoms with van der Waals surface area (Å²) < 4.78 is 2.52. The highest BCUT2D eigenvalue weighted by atomic mass is 79.9. The average Bonchev–Trinajstić information content (AvgIpc) is 3.08. The Bertz CT molecular complexity index is 744. The van der Waals surface area contributed by atoms with Crippen molar-refractivity contribution in [2.45, 2.75) is 26.3 Å². The first kappa shape index (κ1) is 15.2. The SMILES string of the molecule is CCCNC(c1ccc(C)s1)c1csc2c(Br)cccc12. The van der Waals surface area contributed by atoms with Gasteiger partial charge in [-0.3, -0.25) is 0 Å². The number of fused-ring (bicyclic) bond motifs is 1. The lowest BCUT2D eigenvalue weighted by atomic mass is 10.0. The molecule has 110 valence electrons. The molecule has 0 aliphatic heterocycles. The number of hydrogen-bond donors (Lipinski definition) is 1. The Morgan fingerprint density at radius 3 is 2.81 bits per heavy atom. The van der Waals surface area contributed by atoms with E-state index in [0.29, 0.717) is 6.04 Å². The largest absolute Gasteiger partial charge is 0.306 e. The van der Waals surface area contributed by atoms with Crippen LogP contribution in [-0.2, 0) is 0 Å². The van der Waals surface area contributed by atoms with Crippen molar-refractivity contribution in [2.24, 2.45) is 0 Å². The van der Waals surface area contributed by atoms with Crippen molar-refractivity contribution in [3.8, 4) is 0 Å². The van der Waals surface area contributed by atoms with Crippen molar-refractivity contribution in [3.05, 3.63) is 55.5 Å². The Balaban J connectivity index is 2.08. The molecule has 3 aromatic rings. The van der Waals surface area contributed by atoms with E-state index in [1.165, 1.54) is 29.9 Å². The number of hydrogen-bond acceptors (Lipinski definition) is 3. The molecule has 0 bridgehead atoms. The Hall–Kier alpha value is -0.680. The molecule has 0 radical (unpaired) electrons. The number of aryl methyl sites for hydroxylation is 1. The summed E-state index contributed by atoms with van der Waals surface area (Å²) in [5, 5.41) is 7.37. The third kappa shape index (κ3) is 3.09. The van der Waals surface area contributed by atoms with Crippen molar-refractivity contribution in [2.75, 3.05) is 6.54 Å². The van der Waals surface area contributed by atoms with Gasteiger partial charge in [-0.25, -0.2) is 0 Å². The molecule has 2 heterocycles. The van der Waals surface area contributed by atoms with Gasteiger partial charge in [0, 0.05) is 18.9 Å². The molecular weight excluding hydrogens is 362 g/mol. The molecule has 2 aromatic heterocycles. The van der Waals surface area contributed by atoms with Crippen molar-refractivity contribution < 1.29 is 0 Å². The summed E-state index contributed by atoms with van der Waals surface area (Å²) in [5.41, 5.74) is 1.40. The van der Waals surface area contributed by atoms with E-state index in [4.69, 9.17) is 0 Å². The number of benzene rings is 1. The van der Waals surface area contributed by atoms with Gasteiger partial charge in [-0.1, -0.05) is 19.1 Å². The fourth-order valence-electron chi connectivity index (χ4n) is 2.53. The lowest BCUT2D eigenvalue weighted by Crippen LogP contribution is -2.22. The molecule has 1 nitrogen and oxygen atoms in total. The van der Waals surface area contributed by atoms with Crippen LogP contribution in [0.4, 0.5) is 0 Å². The van der Waals surface area contributed by atoms with E-state index in [1.54, 1.807) is 0 Å². The molecule has 1 aromatic carbocycles. The number of thiophene rings is 2. The van der Waals surface area contributed by atoms with Gasteiger partial charge in [-0.15, -0.1) is 22.7 Å². The molecule has 1 N–H and O–H groups in total. The predicted molar refractivity (Wildman–Crippen MR) is 98.7 cm³/mol. The van der Waals surface area contributed by atoms with Crippen LogP contribution in [-0.4, -0.2) is 6.54 Å². The Morgan fingerprint density at radius 2 is 2.10 bits per heavy atom. The van der Waals surface area contributed by atoms with Crippen LogP contribution in [0, 0.1) is 6.92 Å². The normalized spacial score (nSPS) is 12.9. The molecule has 0 saturated carbocycles. The second kappa shape index (κ2) is 6.61. The molecule has 21 heavy (non-hydrogen) atoms. The van der Waals surface area contributed by atoms with Gasteiger partial charge < -0.3 is 5.32 Å². The summed E-state index contributed by atoms with van der Waals surface area (Å²) in [7, 11) is 0. The molecule has 0 fully saturated rings. The van der Waals surface area contributed by atoms with E-state index in [2.05, 4.69) is 70.8 Å². The van der Waals surface area contributed by atoms with E-state index in [1.807, 2.05) is 22.7 Å². The van der Waals surface area contributed by atoms with E-state index >= 15 is 0 Å². The van der Waals surface area contributed by atoms with E-state index < -0.39 is 0 Å². The van der Waals surface area contributed by atoms with Crippen LogP contribution in [0.3, 0.4) is 0 Å². The second-order valence-electron chi connectivity index (χ2n) is 5.14. The molecule has 0 amide bonds. The highest BCUT2D eigenvalue weighted by molar-refractivity contribution is 9.10. The van der Waals surface area contributed by atoms with E-state index in [9.17, 15) is 0 Å². The Labute approximate surface area is 142 Å². The number of nitrogens with one attached hydrogen (secondary N) is 1. The molecule has 1 unspecified atom stereocenters. The minimum Gasteiger partial charge on any atom is -0.306 e. The van der Waals surface area contributed by atoms with Crippen LogP contribution in [0.25, 0.3) is 10.1 Å². The smallest absolute Gasteiger partial charge is 0.0685 e. The zero-order chi connectivity index (χ0) is 14.8. The van der Waals surface area contributed by atoms with Crippen LogP contribution in [0.5, 0.6) is 0 Å². The second-order valence-corrected chi connectivity index (χ2v) is 8.20. The summed E-state index contributed by atoms with van der Waals surface area (Å²) in [6, 6.07) is 11.2. The number of rotatable bonds is 5. The highest BCUT2D eigenvalue weighted by Gasteiger charge is 2.19. The lowest BCUT2D eigenvalue weighted by Gasteiger charge is -2.17. The lowest BCUT2D eigenvalue weighted by molar-refractivity contribution is 0.610. The van der Waals surface area contributed by atoms with Crippen LogP contribution in [0.2, 0.25) is 0 Å². The van der Waals surface area contributed by atoms with Gasteiger partial charge in [0.05, 0.1) is 6.04 Å². The third-order valence-corrected chi connectivity index (χ3v) is 6.57. The van der Waals surface area contributed by atoms with Crippen LogP contribution in [0.1, 0.15) is 34.7 Å². The van der Waals surface area contributed by atoms with Crippen LogP contribution < -0.4 is 5.32 Å². The maximum absolute atomic E-state index is 3.71. The Kier molecular flexibility index (Phi) is 4.79. The first-order valence-corrected chi connectivity index (χ1v) is 9.65. The zero-order valence-corrected chi connectivity index (χ0v) is 15.4. The average molecular weight is 380 g/mol. The minimum atomic E-state index is 0.298. The van der Waals surface area contributed by atoms with E-state index in [-0.39, 0.29) is 0 Å². The van der Waals surface area contributed by atoms with Gasteiger partial charge in [0.25, 0.3) is 0 Å². The molecule has 4 heteroatoms. The molecule has 0 aliphatic carbocycles. The molecule has 0 saturated heterocycles. The van der Waals surface area contributed by atoms with Gasteiger partial charge >= 0.3 is 0 Å². The monoisotopic (exact) mass is 379 g/mol. The first-order chi connectivity index (χ1) is 10.2. The molecule has 3 rings (SSSR count). The fraction of sp³-hybridized carbons (Fsp3) is 0.294. The number of halogens is 1. The first-order valence-electron chi connectivity index (χ1n) is 7.16. The van der Waals surface area contributed by atoms with Gasteiger partial charge in [-0.05, 0) is 70.3 Å². The molecular formula is C17H18BrNS2. The molecule has 0 spiro atoms. The van der Waals surface area contributed by atoms with Gasteiger partial charge in [0.1, 0.15) is 0 Å². The standard InChI is InChI=1S/C17H18BrNS2/c1-3-9-19-16(15-8-7-11(2)21-15)13-10-20-17-12(13)5-4-6-14(17)18/h4-8,10,16,19H,3,9H2,1-2H3.